The molecule has 1 rings (SSSR count). The van der Waals surface area contributed by atoms with E-state index in [0.29, 0.717) is 11.3 Å². The molecule has 0 heterocycles. The van der Waals surface area contributed by atoms with Crippen molar-refractivity contribution >= 4 is 36.3 Å². The predicted molar refractivity (Wildman–Crippen MR) is 92.6 cm³/mol. The Kier molecular flexibility index (Phi) is 7.57. The zero-order valence-electron chi connectivity index (χ0n) is 13.9. The molecule has 0 saturated carbocycles. The van der Waals surface area contributed by atoms with Crippen molar-refractivity contribution in [2.45, 2.75) is 32.7 Å². The highest BCUT2D eigenvalue weighted by atomic mass is 32.1. The summed E-state index contributed by atoms with van der Waals surface area (Å²) >= 11 is 3.97. The Balaban J connectivity index is 3.33. The maximum atomic E-state index is 12.5. The Bertz CT molecular complexity index is 588. The number of benzene rings is 1. The average Bonchev–Trinajstić information content (AvgIpc) is 2.54. The zero-order chi connectivity index (χ0) is 18.2. The third-order valence-electron chi connectivity index (χ3n) is 3.16. The minimum absolute atomic E-state index is 0.0673. The van der Waals surface area contributed by atoms with Crippen LogP contribution >= 0.6 is 12.8 Å². The summed E-state index contributed by atoms with van der Waals surface area (Å²) in [5.74, 6) is -2.26. The molecule has 7 nitrogen and oxygen atoms in total. The Morgan fingerprint density at radius 1 is 1.12 bits per heavy atom. The minimum Gasteiger partial charge on any atom is -0.464 e. The number of esters is 2. The lowest BCUT2D eigenvalue weighted by atomic mass is 9.90. The summed E-state index contributed by atoms with van der Waals surface area (Å²) < 4.78 is 12.7. The van der Waals surface area contributed by atoms with E-state index in [9.17, 15) is 14.4 Å². The van der Waals surface area contributed by atoms with Crippen molar-refractivity contribution in [3.63, 3.8) is 0 Å². The van der Waals surface area contributed by atoms with E-state index < -0.39 is 23.4 Å². The molecule has 0 aliphatic heterocycles. The fourth-order valence-electron chi connectivity index (χ4n) is 2.24. The molecule has 0 atom stereocenters. The number of amides is 1. The third-order valence-corrected chi connectivity index (χ3v) is 3.42. The van der Waals surface area contributed by atoms with Crippen molar-refractivity contribution in [2.75, 3.05) is 17.9 Å². The predicted octanol–water partition coefficient (Wildman–Crippen LogP) is 1.49. The summed E-state index contributed by atoms with van der Waals surface area (Å²) in [5, 5.41) is 2.42. The molecule has 1 aromatic rings. The van der Waals surface area contributed by atoms with Crippen LogP contribution in [0, 0.1) is 0 Å². The van der Waals surface area contributed by atoms with Crippen molar-refractivity contribution in [3.8, 4) is 0 Å². The molecule has 1 amide bonds. The van der Waals surface area contributed by atoms with Gasteiger partial charge in [-0.15, -0.1) is 0 Å². The van der Waals surface area contributed by atoms with Gasteiger partial charge in [-0.3, -0.25) is 4.79 Å². The van der Waals surface area contributed by atoms with Crippen molar-refractivity contribution in [3.05, 3.63) is 29.8 Å². The van der Waals surface area contributed by atoms with Crippen LogP contribution < -0.4 is 10.0 Å². The molecule has 132 valence electrons. The molecule has 0 aliphatic rings. The molecular weight excluding hydrogens is 332 g/mol. The molecule has 8 heteroatoms. The summed E-state index contributed by atoms with van der Waals surface area (Å²) in [4.78, 5) is 36.7. The van der Waals surface area contributed by atoms with E-state index in [1.807, 2.05) is 0 Å². The standard InChI is InChI=1S/C16H22N2O5S/c1-4-22-14(20)16(17-11(3)19,15(21)23-5-2)10-12-7-6-8-13(9-12)18-24/h6-9,18,24H,4-5,10H2,1-3H3,(H,17,19). The molecule has 0 bridgehead atoms. The second-order valence-electron chi connectivity index (χ2n) is 5.02. The zero-order valence-corrected chi connectivity index (χ0v) is 14.8. The van der Waals surface area contributed by atoms with E-state index >= 15 is 0 Å². The van der Waals surface area contributed by atoms with Gasteiger partial charge in [0.1, 0.15) is 0 Å². The molecule has 24 heavy (non-hydrogen) atoms. The first kappa shape index (κ1) is 19.8. The van der Waals surface area contributed by atoms with Gasteiger partial charge in [-0.2, -0.15) is 0 Å². The van der Waals surface area contributed by atoms with Crippen LogP contribution in [0.15, 0.2) is 24.3 Å². The molecule has 0 aromatic heterocycles. The molecule has 0 radical (unpaired) electrons. The molecule has 0 spiro atoms. The van der Waals surface area contributed by atoms with Gasteiger partial charge in [-0.25, -0.2) is 9.59 Å². The van der Waals surface area contributed by atoms with Crippen molar-refractivity contribution in [1.82, 2.24) is 5.32 Å². The van der Waals surface area contributed by atoms with E-state index in [0.717, 1.165) is 0 Å². The number of hydrogen-bond acceptors (Lipinski definition) is 7. The van der Waals surface area contributed by atoms with Crippen LogP contribution in [0.5, 0.6) is 0 Å². The van der Waals surface area contributed by atoms with Crippen LogP contribution in [0.25, 0.3) is 0 Å². The number of hydrogen-bond donors (Lipinski definition) is 3. The summed E-state index contributed by atoms with van der Waals surface area (Å²) in [6, 6.07) is 6.94. The quantitative estimate of drug-likeness (QED) is 0.372. The normalized spacial score (nSPS) is 10.7. The second kappa shape index (κ2) is 9.17. The number of thiol groups is 1. The van der Waals surface area contributed by atoms with Crippen LogP contribution in [0.3, 0.4) is 0 Å². The highest BCUT2D eigenvalue weighted by Gasteiger charge is 2.50. The van der Waals surface area contributed by atoms with Gasteiger partial charge in [0.2, 0.25) is 11.4 Å². The number of rotatable bonds is 8. The van der Waals surface area contributed by atoms with Crippen molar-refractivity contribution in [1.29, 1.82) is 0 Å². The number of anilines is 1. The molecule has 0 fully saturated rings. The lowest BCUT2D eigenvalue weighted by Crippen LogP contribution is -2.62. The van der Waals surface area contributed by atoms with Gasteiger partial charge >= 0.3 is 11.9 Å². The maximum Gasteiger partial charge on any atom is 0.344 e. The van der Waals surface area contributed by atoms with Crippen molar-refractivity contribution in [2.24, 2.45) is 0 Å². The van der Waals surface area contributed by atoms with Gasteiger partial charge < -0.3 is 19.5 Å². The Morgan fingerprint density at radius 2 is 1.71 bits per heavy atom. The maximum absolute atomic E-state index is 12.5. The Labute approximate surface area is 146 Å². The minimum atomic E-state index is -1.94. The van der Waals surface area contributed by atoms with Crippen LogP contribution in [-0.2, 0) is 30.3 Å². The number of nitrogens with one attached hydrogen (secondary N) is 2. The van der Waals surface area contributed by atoms with Crippen LogP contribution in [0.2, 0.25) is 0 Å². The first-order valence-corrected chi connectivity index (χ1v) is 7.96. The van der Waals surface area contributed by atoms with E-state index in [1.54, 1.807) is 38.1 Å². The summed E-state index contributed by atoms with van der Waals surface area (Å²) in [7, 11) is 0. The monoisotopic (exact) mass is 354 g/mol. The van der Waals surface area contributed by atoms with E-state index in [2.05, 4.69) is 22.9 Å². The van der Waals surface area contributed by atoms with Crippen LogP contribution in [0.4, 0.5) is 5.69 Å². The SMILES string of the molecule is CCOC(=O)C(Cc1cccc(NS)c1)(NC(C)=O)C(=O)OCC. The first-order chi connectivity index (χ1) is 11.4. The summed E-state index contributed by atoms with van der Waals surface area (Å²) in [5.41, 5.74) is -0.628. The van der Waals surface area contributed by atoms with Crippen molar-refractivity contribution < 1.29 is 23.9 Å². The Hall–Kier alpha value is -2.22. The Morgan fingerprint density at radius 3 is 2.17 bits per heavy atom. The molecule has 0 unspecified atom stereocenters. The van der Waals surface area contributed by atoms with Gasteiger partial charge in [-0.05, 0) is 31.5 Å². The van der Waals surface area contributed by atoms with Gasteiger partial charge in [0, 0.05) is 19.0 Å². The second-order valence-corrected chi connectivity index (χ2v) is 5.24. The molecular formula is C16H22N2O5S. The van der Waals surface area contributed by atoms with Crippen LogP contribution in [-0.4, -0.2) is 36.6 Å². The van der Waals surface area contributed by atoms with Crippen LogP contribution in [0.1, 0.15) is 26.3 Å². The van der Waals surface area contributed by atoms with Gasteiger partial charge in [0.25, 0.3) is 0 Å². The molecule has 2 N–H and O–H groups in total. The smallest absolute Gasteiger partial charge is 0.344 e. The largest absolute Gasteiger partial charge is 0.464 e. The summed E-state index contributed by atoms with van der Waals surface area (Å²) in [6.45, 7) is 4.59. The van der Waals surface area contributed by atoms with Gasteiger partial charge in [0.15, 0.2) is 0 Å². The third kappa shape index (κ3) is 4.89. The topological polar surface area (TPSA) is 93.7 Å². The molecule has 1 aromatic carbocycles. The molecule has 0 aliphatic carbocycles. The number of carbonyl (C=O) groups is 3. The number of ether oxygens (including phenoxy) is 2. The fourth-order valence-corrected chi connectivity index (χ4v) is 2.38. The molecule has 0 saturated heterocycles. The van der Waals surface area contributed by atoms with Gasteiger partial charge in [0.05, 0.1) is 13.2 Å². The van der Waals surface area contributed by atoms with E-state index in [4.69, 9.17) is 9.47 Å². The fraction of sp³-hybridized carbons (Fsp3) is 0.438. The number of carbonyl (C=O) groups excluding carboxylic acids is 3. The lowest BCUT2D eigenvalue weighted by molar-refractivity contribution is -0.168. The average molecular weight is 354 g/mol. The van der Waals surface area contributed by atoms with E-state index in [-0.39, 0.29) is 19.6 Å². The highest BCUT2D eigenvalue weighted by Crippen LogP contribution is 2.21. The van der Waals surface area contributed by atoms with Gasteiger partial charge in [-0.1, -0.05) is 24.9 Å². The highest BCUT2D eigenvalue weighted by molar-refractivity contribution is 7.81. The lowest BCUT2D eigenvalue weighted by Gasteiger charge is -2.29. The summed E-state index contributed by atoms with van der Waals surface area (Å²) in [6.07, 6.45) is -0.104. The van der Waals surface area contributed by atoms with E-state index in [1.165, 1.54) is 6.92 Å². The first-order valence-electron chi connectivity index (χ1n) is 7.51.